The number of fused-ring (bicyclic) bond motifs is 2. The number of likely N-dealkylation sites (N-methyl/N-ethyl adjacent to an activating group) is 1. The van der Waals surface area contributed by atoms with Gasteiger partial charge in [0.1, 0.15) is 11.1 Å². The van der Waals surface area contributed by atoms with E-state index in [1.54, 1.807) is 29.0 Å². The van der Waals surface area contributed by atoms with Crippen LogP contribution in [0.25, 0.3) is 10.9 Å². The molecule has 5 saturated heterocycles. The van der Waals surface area contributed by atoms with Crippen LogP contribution in [0.5, 0.6) is 5.75 Å². The van der Waals surface area contributed by atoms with Crippen molar-refractivity contribution >= 4 is 75.2 Å². The number of anilines is 4. The van der Waals surface area contributed by atoms with Gasteiger partial charge in [-0.05, 0) is 94.8 Å². The summed E-state index contributed by atoms with van der Waals surface area (Å²) in [7, 11) is 1.52. The Kier molecular flexibility index (Phi) is 11.5. The van der Waals surface area contributed by atoms with Crippen LogP contribution in [0.15, 0.2) is 53.5 Å². The molecule has 19 heteroatoms. The van der Waals surface area contributed by atoms with Crippen LogP contribution in [-0.4, -0.2) is 142 Å². The van der Waals surface area contributed by atoms with Gasteiger partial charge in [-0.1, -0.05) is 11.6 Å². The minimum atomic E-state index is -0.982. The molecule has 2 unspecified atom stereocenters. The van der Waals surface area contributed by atoms with E-state index in [1.165, 1.54) is 13.5 Å². The van der Waals surface area contributed by atoms with Crippen LogP contribution in [-0.2, 0) is 14.4 Å². The fourth-order valence-electron chi connectivity index (χ4n) is 10.9. The number of carbonyl (C=O) groups is 5. The zero-order valence-corrected chi connectivity index (χ0v) is 38.1. The fraction of sp³-hybridized carbons (Fsp3) is 0.489. The van der Waals surface area contributed by atoms with Crippen molar-refractivity contribution in [2.24, 2.45) is 0 Å². The summed E-state index contributed by atoms with van der Waals surface area (Å²) in [5.74, 6) is -1.12. The first kappa shape index (κ1) is 43.8. The summed E-state index contributed by atoms with van der Waals surface area (Å²) in [5.41, 5.74) is 2.86. The first-order valence-corrected chi connectivity index (χ1v) is 23.4. The Balaban J connectivity index is 0.746. The van der Waals surface area contributed by atoms with Gasteiger partial charge in [0.05, 0.1) is 22.8 Å². The maximum absolute atomic E-state index is 13.5. The predicted molar refractivity (Wildman–Crippen MR) is 248 cm³/mol. The number of nitrogens with zero attached hydrogens (tertiary/aromatic N) is 8. The second kappa shape index (κ2) is 17.3. The van der Waals surface area contributed by atoms with Crippen molar-refractivity contribution in [3.05, 3.63) is 75.2 Å². The zero-order chi connectivity index (χ0) is 46.0. The molecule has 0 saturated carbocycles. The normalized spacial score (nSPS) is 22.4. The first-order chi connectivity index (χ1) is 31.8. The molecule has 0 radical (unpaired) electrons. The Morgan fingerprint density at radius 3 is 2.44 bits per heavy atom. The number of amides is 5. The van der Waals surface area contributed by atoms with Gasteiger partial charge in [-0.2, -0.15) is 4.98 Å². The number of halogens is 1. The van der Waals surface area contributed by atoms with Crippen molar-refractivity contribution in [3.8, 4) is 5.75 Å². The van der Waals surface area contributed by atoms with E-state index in [0.717, 1.165) is 98.7 Å². The van der Waals surface area contributed by atoms with Crippen LogP contribution < -0.4 is 36.0 Å². The summed E-state index contributed by atoms with van der Waals surface area (Å²) >= 11 is 6.65. The molecule has 5 amide bonds. The lowest BCUT2D eigenvalue weighted by Gasteiger charge is -2.67. The van der Waals surface area contributed by atoms with Crippen molar-refractivity contribution in [2.45, 2.75) is 88.5 Å². The Morgan fingerprint density at radius 2 is 1.71 bits per heavy atom. The standard InChI is InChI=1S/C47H54ClN11O7/c1-27(2)58-36-9-6-29(19-28(36)20-38(45(58)65)66-24-40(61)49-3)51-41-35(48)22-50-46(53-41)54-16-12-30(13-17-54)57-18-14-47(57)25-56(26-47)32-5-4-15-55(23-32)31-7-8-33-34(21-31)44(64)59(43(33)63)37-10-11-39(60)52-42(37)62/h6-9,19-22,27,30,32,37H,4-5,10-18,23-26H2,1-3H3,(H,49,61)(H,50,51,53)(H,52,60,62). The van der Waals surface area contributed by atoms with Crippen LogP contribution in [0.1, 0.15) is 85.6 Å². The maximum Gasteiger partial charge on any atom is 0.293 e. The third-order valence-electron chi connectivity index (χ3n) is 14.5. The van der Waals surface area contributed by atoms with Gasteiger partial charge in [0.2, 0.25) is 17.8 Å². The average Bonchev–Trinajstić information content (AvgIpc) is 3.53. The highest BCUT2D eigenvalue weighted by atomic mass is 35.5. The molecule has 66 heavy (non-hydrogen) atoms. The summed E-state index contributed by atoms with van der Waals surface area (Å²) in [5, 5.41) is 9.27. The molecule has 346 valence electrons. The molecular weight excluding hydrogens is 866 g/mol. The fourth-order valence-corrected chi connectivity index (χ4v) is 11.1. The third-order valence-corrected chi connectivity index (χ3v) is 14.7. The number of carbonyl (C=O) groups excluding carboxylic acids is 5. The van der Waals surface area contributed by atoms with Gasteiger partial charge in [-0.3, -0.25) is 48.8 Å². The maximum atomic E-state index is 13.5. The summed E-state index contributed by atoms with van der Waals surface area (Å²) < 4.78 is 7.29. The quantitative estimate of drug-likeness (QED) is 0.185. The molecule has 2 aromatic heterocycles. The lowest BCUT2D eigenvalue weighted by Crippen LogP contribution is -2.80. The minimum absolute atomic E-state index is 0.0875. The Bertz CT molecular complexity index is 2710. The van der Waals surface area contributed by atoms with Gasteiger partial charge in [0, 0.05) is 99.7 Å². The zero-order valence-electron chi connectivity index (χ0n) is 37.3. The first-order valence-electron chi connectivity index (χ1n) is 23.0. The molecule has 3 N–H and O–H groups in total. The Labute approximate surface area is 386 Å². The van der Waals surface area contributed by atoms with E-state index in [-0.39, 0.29) is 48.2 Å². The molecule has 0 aliphatic carbocycles. The number of likely N-dealkylation sites (tertiary alicyclic amines) is 2. The predicted octanol–water partition coefficient (Wildman–Crippen LogP) is 3.69. The minimum Gasteiger partial charge on any atom is -0.478 e. The molecule has 4 aromatic rings. The molecule has 6 aliphatic heterocycles. The van der Waals surface area contributed by atoms with Crippen molar-refractivity contribution in [3.63, 3.8) is 0 Å². The van der Waals surface area contributed by atoms with E-state index >= 15 is 0 Å². The van der Waals surface area contributed by atoms with Gasteiger partial charge in [-0.25, -0.2) is 4.98 Å². The highest BCUT2D eigenvalue weighted by Gasteiger charge is 2.57. The smallest absolute Gasteiger partial charge is 0.293 e. The van der Waals surface area contributed by atoms with Crippen molar-refractivity contribution in [2.75, 3.05) is 74.6 Å². The van der Waals surface area contributed by atoms with E-state index in [1.807, 2.05) is 38.1 Å². The van der Waals surface area contributed by atoms with Crippen molar-refractivity contribution < 1.29 is 28.7 Å². The number of hydrogen-bond acceptors (Lipinski definition) is 14. The summed E-state index contributed by atoms with van der Waals surface area (Å²) in [4.78, 5) is 96.7. The third kappa shape index (κ3) is 7.81. The monoisotopic (exact) mass is 919 g/mol. The van der Waals surface area contributed by atoms with E-state index in [0.29, 0.717) is 40.0 Å². The Hall–Kier alpha value is -6.11. The van der Waals surface area contributed by atoms with Gasteiger partial charge < -0.3 is 29.7 Å². The van der Waals surface area contributed by atoms with Crippen LogP contribution in [0.2, 0.25) is 5.02 Å². The highest BCUT2D eigenvalue weighted by molar-refractivity contribution is 6.33. The molecule has 10 rings (SSSR count). The molecule has 6 aliphatic rings. The topological polar surface area (TPSA) is 195 Å². The van der Waals surface area contributed by atoms with Gasteiger partial charge in [0.15, 0.2) is 18.2 Å². The molecule has 2 atom stereocenters. The SMILES string of the molecule is CNC(=O)COc1cc2cc(Nc3nc(N4CCC(N5CCC56CN(C5CCCN(c7ccc8c(c7)C(=O)N(C7CCC(=O)NC7=O)C8=O)C5)C6)CC4)ncc3Cl)ccc2n(C(C)C)c1=O. The molecule has 1 spiro atoms. The van der Waals surface area contributed by atoms with Crippen molar-refractivity contribution in [1.82, 2.24) is 39.9 Å². The number of ether oxygens (including phenoxy) is 1. The number of nitrogens with one attached hydrogen (secondary N) is 3. The number of benzene rings is 2. The molecule has 5 fully saturated rings. The summed E-state index contributed by atoms with van der Waals surface area (Å²) in [6.07, 6.45) is 7.16. The summed E-state index contributed by atoms with van der Waals surface area (Å²) in [6, 6.07) is 12.5. The van der Waals surface area contributed by atoms with E-state index in [9.17, 15) is 28.8 Å². The molecule has 2 aromatic carbocycles. The largest absolute Gasteiger partial charge is 0.478 e. The van der Waals surface area contributed by atoms with Gasteiger partial charge >= 0.3 is 0 Å². The number of imide groups is 2. The van der Waals surface area contributed by atoms with E-state index in [4.69, 9.17) is 21.3 Å². The number of aromatic nitrogens is 3. The van der Waals surface area contributed by atoms with E-state index in [2.05, 4.69) is 40.5 Å². The van der Waals surface area contributed by atoms with Crippen LogP contribution >= 0.6 is 11.6 Å². The Morgan fingerprint density at radius 1 is 0.924 bits per heavy atom. The number of rotatable bonds is 11. The molecule has 0 bridgehead atoms. The lowest BCUT2D eigenvalue weighted by atomic mass is 9.74. The van der Waals surface area contributed by atoms with Crippen LogP contribution in [0.4, 0.5) is 23.1 Å². The van der Waals surface area contributed by atoms with Crippen LogP contribution in [0, 0.1) is 0 Å². The van der Waals surface area contributed by atoms with Crippen molar-refractivity contribution in [1.29, 1.82) is 0 Å². The van der Waals surface area contributed by atoms with E-state index < -0.39 is 29.7 Å². The average molecular weight is 920 g/mol. The second-order valence-corrected chi connectivity index (χ2v) is 19.1. The summed E-state index contributed by atoms with van der Waals surface area (Å²) in [6.45, 7) is 10.1. The molecule has 18 nitrogen and oxygen atoms in total. The van der Waals surface area contributed by atoms with Gasteiger partial charge in [-0.15, -0.1) is 0 Å². The highest BCUT2D eigenvalue weighted by Crippen LogP contribution is 2.45. The van der Waals surface area contributed by atoms with Gasteiger partial charge in [0.25, 0.3) is 23.3 Å². The number of hydrogen-bond donors (Lipinski definition) is 3. The van der Waals surface area contributed by atoms with Crippen LogP contribution in [0.3, 0.4) is 0 Å². The number of piperidine rings is 3. The molecule has 8 heterocycles. The molecular formula is C47H54ClN11O7. The second-order valence-electron chi connectivity index (χ2n) is 18.7. The number of pyridine rings is 1. The lowest BCUT2D eigenvalue weighted by molar-refractivity contribution is -0.159.